The molecule has 1 amide bonds. The number of amides is 1. The van der Waals surface area contributed by atoms with Crippen LogP contribution in [0.3, 0.4) is 0 Å². The van der Waals surface area contributed by atoms with Crippen molar-refractivity contribution in [2.24, 2.45) is 17.3 Å². The van der Waals surface area contributed by atoms with Gasteiger partial charge in [-0.2, -0.15) is 0 Å². The van der Waals surface area contributed by atoms with E-state index in [0.717, 1.165) is 32.2 Å². The Hall–Kier alpha value is -0.900. The predicted molar refractivity (Wildman–Crippen MR) is 93.2 cm³/mol. The van der Waals surface area contributed by atoms with Crippen molar-refractivity contribution >= 4 is 11.7 Å². The molecule has 23 heavy (non-hydrogen) atoms. The standard InChI is InChI=1S/C19H34N2O2/c1-15(2)17(22)5-4-12-21-13-10-19(11-14-21)8-6-16(7-9-19)18(23)20-3/h15-16H,4-14H2,1-3H3,(H,20,23). The van der Waals surface area contributed by atoms with Crippen molar-refractivity contribution in [2.45, 2.75) is 65.2 Å². The highest BCUT2D eigenvalue weighted by Gasteiger charge is 2.39. The van der Waals surface area contributed by atoms with Gasteiger partial charge in [0.1, 0.15) is 5.78 Å². The molecule has 0 bridgehead atoms. The molecule has 1 saturated heterocycles. The van der Waals surface area contributed by atoms with Crippen molar-refractivity contribution in [1.82, 2.24) is 10.2 Å². The van der Waals surface area contributed by atoms with Crippen LogP contribution in [0.4, 0.5) is 0 Å². The van der Waals surface area contributed by atoms with Crippen molar-refractivity contribution in [3.05, 3.63) is 0 Å². The van der Waals surface area contributed by atoms with Gasteiger partial charge in [0.2, 0.25) is 5.91 Å². The zero-order valence-electron chi connectivity index (χ0n) is 15.2. The van der Waals surface area contributed by atoms with Crippen LogP contribution in [0.25, 0.3) is 0 Å². The summed E-state index contributed by atoms with van der Waals surface area (Å²) in [5, 5.41) is 2.80. The molecule has 1 spiro atoms. The third-order valence-corrected chi connectivity index (χ3v) is 6.12. The van der Waals surface area contributed by atoms with Crippen molar-refractivity contribution in [3.8, 4) is 0 Å². The molecule has 0 unspecified atom stereocenters. The number of rotatable bonds is 6. The summed E-state index contributed by atoms with van der Waals surface area (Å²) >= 11 is 0. The van der Waals surface area contributed by atoms with Crippen LogP contribution in [-0.2, 0) is 9.59 Å². The van der Waals surface area contributed by atoms with Crippen LogP contribution in [-0.4, -0.2) is 43.3 Å². The Morgan fingerprint density at radius 3 is 2.26 bits per heavy atom. The lowest BCUT2D eigenvalue weighted by Crippen LogP contribution is -2.43. The molecule has 4 nitrogen and oxygen atoms in total. The lowest BCUT2D eigenvalue weighted by molar-refractivity contribution is -0.126. The van der Waals surface area contributed by atoms with Gasteiger partial charge in [-0.05, 0) is 70.0 Å². The van der Waals surface area contributed by atoms with Crippen LogP contribution < -0.4 is 5.32 Å². The Bertz CT molecular complexity index is 402. The van der Waals surface area contributed by atoms with Crippen LogP contribution in [0.5, 0.6) is 0 Å². The van der Waals surface area contributed by atoms with Gasteiger partial charge in [0, 0.05) is 25.3 Å². The SMILES string of the molecule is CNC(=O)C1CCC2(CC1)CCN(CCCC(=O)C(C)C)CC2. The highest BCUT2D eigenvalue weighted by molar-refractivity contribution is 5.80. The number of nitrogens with zero attached hydrogens (tertiary/aromatic N) is 1. The smallest absolute Gasteiger partial charge is 0.222 e. The van der Waals surface area contributed by atoms with Crippen molar-refractivity contribution < 1.29 is 9.59 Å². The van der Waals surface area contributed by atoms with Crippen LogP contribution in [0.15, 0.2) is 0 Å². The maximum atomic E-state index is 11.8. The molecule has 1 saturated carbocycles. The van der Waals surface area contributed by atoms with E-state index in [-0.39, 0.29) is 17.7 Å². The van der Waals surface area contributed by atoms with Gasteiger partial charge in [-0.3, -0.25) is 9.59 Å². The molecule has 0 aromatic rings. The Morgan fingerprint density at radius 1 is 1.13 bits per heavy atom. The second-order valence-electron chi connectivity index (χ2n) is 7.95. The molecule has 0 radical (unpaired) electrons. The van der Waals surface area contributed by atoms with E-state index in [1.54, 1.807) is 7.05 Å². The zero-order chi connectivity index (χ0) is 16.9. The first-order valence-electron chi connectivity index (χ1n) is 9.42. The molecule has 2 aliphatic rings. The summed E-state index contributed by atoms with van der Waals surface area (Å²) in [6.07, 6.45) is 8.81. The summed E-state index contributed by atoms with van der Waals surface area (Å²) < 4.78 is 0. The molecule has 4 heteroatoms. The Balaban J connectivity index is 1.68. The Kier molecular flexibility index (Phi) is 6.63. The maximum absolute atomic E-state index is 11.8. The third-order valence-electron chi connectivity index (χ3n) is 6.12. The lowest BCUT2D eigenvalue weighted by atomic mass is 9.65. The summed E-state index contributed by atoms with van der Waals surface area (Å²) in [4.78, 5) is 26.0. The first-order valence-corrected chi connectivity index (χ1v) is 9.42. The molecular formula is C19H34N2O2. The first-order chi connectivity index (χ1) is 11.0. The minimum atomic E-state index is 0.176. The summed E-state index contributed by atoms with van der Waals surface area (Å²) in [5.74, 6) is 1.04. The number of piperidine rings is 1. The largest absolute Gasteiger partial charge is 0.359 e. The van der Waals surface area contributed by atoms with E-state index in [4.69, 9.17) is 0 Å². The van der Waals surface area contributed by atoms with Gasteiger partial charge in [0.25, 0.3) is 0 Å². The van der Waals surface area contributed by atoms with E-state index < -0.39 is 0 Å². The van der Waals surface area contributed by atoms with Crippen molar-refractivity contribution in [2.75, 3.05) is 26.7 Å². The fraction of sp³-hybridized carbons (Fsp3) is 0.895. The van der Waals surface area contributed by atoms with E-state index >= 15 is 0 Å². The summed E-state index contributed by atoms with van der Waals surface area (Å²) in [7, 11) is 1.75. The number of nitrogens with one attached hydrogen (secondary N) is 1. The van der Waals surface area contributed by atoms with Crippen molar-refractivity contribution in [1.29, 1.82) is 0 Å². The second kappa shape index (κ2) is 8.27. The topological polar surface area (TPSA) is 49.4 Å². The fourth-order valence-corrected chi connectivity index (χ4v) is 4.21. The van der Waals surface area contributed by atoms with E-state index in [9.17, 15) is 9.59 Å². The van der Waals surface area contributed by atoms with Gasteiger partial charge in [-0.25, -0.2) is 0 Å². The number of hydrogen-bond donors (Lipinski definition) is 1. The van der Waals surface area contributed by atoms with Gasteiger partial charge < -0.3 is 10.2 Å². The Labute approximate surface area is 141 Å². The molecule has 2 rings (SSSR count). The Morgan fingerprint density at radius 2 is 1.74 bits per heavy atom. The quantitative estimate of drug-likeness (QED) is 0.818. The number of carbonyl (C=O) groups is 2. The minimum Gasteiger partial charge on any atom is -0.359 e. The number of ketones is 1. The van der Waals surface area contributed by atoms with Crippen molar-refractivity contribution in [3.63, 3.8) is 0 Å². The maximum Gasteiger partial charge on any atom is 0.222 e. The number of carbonyl (C=O) groups excluding carboxylic acids is 2. The van der Waals surface area contributed by atoms with Crippen LogP contribution in [0.1, 0.15) is 65.2 Å². The second-order valence-corrected chi connectivity index (χ2v) is 7.95. The van der Waals surface area contributed by atoms with E-state index in [1.807, 2.05) is 13.8 Å². The fourth-order valence-electron chi connectivity index (χ4n) is 4.21. The number of hydrogen-bond acceptors (Lipinski definition) is 3. The normalized spacial score (nSPS) is 22.4. The lowest BCUT2D eigenvalue weighted by Gasteiger charge is -2.45. The molecule has 1 heterocycles. The first kappa shape index (κ1) is 18.4. The number of likely N-dealkylation sites (tertiary alicyclic amines) is 1. The highest BCUT2D eigenvalue weighted by atomic mass is 16.1. The average Bonchev–Trinajstić information content (AvgIpc) is 2.56. The molecule has 132 valence electrons. The molecule has 0 aromatic carbocycles. The molecule has 1 N–H and O–H groups in total. The van der Waals surface area contributed by atoms with Crippen LogP contribution >= 0.6 is 0 Å². The zero-order valence-corrected chi connectivity index (χ0v) is 15.2. The highest BCUT2D eigenvalue weighted by Crippen LogP contribution is 2.46. The van der Waals surface area contributed by atoms with Crippen LogP contribution in [0, 0.1) is 17.3 Å². The molecule has 0 atom stereocenters. The molecule has 0 aromatic heterocycles. The van der Waals surface area contributed by atoms with E-state index in [0.29, 0.717) is 11.2 Å². The molecule has 1 aliphatic heterocycles. The predicted octanol–water partition coefficient (Wildman–Crippen LogP) is 3.01. The summed E-state index contributed by atoms with van der Waals surface area (Å²) in [6, 6.07) is 0. The van der Waals surface area contributed by atoms with E-state index in [1.165, 1.54) is 38.8 Å². The van der Waals surface area contributed by atoms with Gasteiger partial charge in [-0.15, -0.1) is 0 Å². The van der Waals surface area contributed by atoms with Gasteiger partial charge in [0.15, 0.2) is 0 Å². The summed E-state index contributed by atoms with van der Waals surface area (Å²) in [5.41, 5.74) is 0.495. The monoisotopic (exact) mass is 322 g/mol. The summed E-state index contributed by atoms with van der Waals surface area (Å²) in [6.45, 7) is 7.38. The van der Waals surface area contributed by atoms with E-state index in [2.05, 4.69) is 10.2 Å². The molecular weight excluding hydrogens is 288 g/mol. The van der Waals surface area contributed by atoms with Gasteiger partial charge in [0.05, 0.1) is 0 Å². The third kappa shape index (κ3) is 5.03. The molecule has 2 fully saturated rings. The minimum absolute atomic E-state index is 0.176. The number of Topliss-reactive ketones (excluding diaryl/α,β-unsaturated/α-hetero) is 1. The van der Waals surface area contributed by atoms with Gasteiger partial charge >= 0.3 is 0 Å². The van der Waals surface area contributed by atoms with Crippen LogP contribution in [0.2, 0.25) is 0 Å². The van der Waals surface area contributed by atoms with Gasteiger partial charge in [-0.1, -0.05) is 13.8 Å². The molecule has 1 aliphatic carbocycles. The average molecular weight is 322 g/mol.